The summed E-state index contributed by atoms with van der Waals surface area (Å²) in [4.78, 5) is 12.0. The lowest BCUT2D eigenvalue weighted by Gasteiger charge is -2.21. The molecule has 0 aromatic heterocycles. The zero-order chi connectivity index (χ0) is 14.6. The summed E-state index contributed by atoms with van der Waals surface area (Å²) < 4.78 is 27.1. The molecule has 0 atom stereocenters. The van der Waals surface area contributed by atoms with Crippen LogP contribution in [0.3, 0.4) is 0 Å². The summed E-state index contributed by atoms with van der Waals surface area (Å²) in [5, 5.41) is 7.80. The summed E-state index contributed by atoms with van der Waals surface area (Å²) in [5.74, 6) is -0.249. The van der Waals surface area contributed by atoms with E-state index in [-0.39, 0.29) is 17.6 Å². The second kappa shape index (κ2) is 6.34. The maximum atomic E-state index is 12.0. The lowest BCUT2D eigenvalue weighted by Crippen LogP contribution is -2.28. The molecule has 1 aromatic carbocycles. The van der Waals surface area contributed by atoms with E-state index in [0.29, 0.717) is 24.5 Å². The van der Waals surface area contributed by atoms with Crippen molar-refractivity contribution in [2.45, 2.75) is 18.6 Å². The number of ether oxygens (including phenoxy) is 1. The van der Waals surface area contributed by atoms with Crippen LogP contribution in [0.5, 0.6) is 0 Å². The highest BCUT2D eigenvalue weighted by Crippen LogP contribution is 2.18. The third kappa shape index (κ3) is 4.59. The van der Waals surface area contributed by atoms with Gasteiger partial charge in [0, 0.05) is 24.8 Å². The average Bonchev–Trinajstić information content (AvgIpc) is 2.40. The van der Waals surface area contributed by atoms with Gasteiger partial charge in [-0.3, -0.25) is 4.79 Å². The number of amides is 1. The van der Waals surface area contributed by atoms with Gasteiger partial charge in [0.25, 0.3) is 0 Å². The first-order valence-corrected chi connectivity index (χ1v) is 8.13. The minimum absolute atomic E-state index is 0.0205. The summed E-state index contributed by atoms with van der Waals surface area (Å²) >= 11 is 0. The number of sulfonamides is 1. The standard InChI is InChI=1S/C13H18N2O4S/c14-20(17,18)9-10-1-3-12(4-2-10)15-13(16)11-5-7-19-8-6-11/h1-4,11H,5-9H2,(H,15,16)(H2,14,17,18). The molecule has 1 fully saturated rings. The van der Waals surface area contributed by atoms with Gasteiger partial charge in [-0.15, -0.1) is 0 Å². The van der Waals surface area contributed by atoms with Gasteiger partial charge < -0.3 is 10.1 Å². The van der Waals surface area contributed by atoms with Crippen molar-refractivity contribution >= 4 is 21.6 Å². The number of nitrogens with two attached hydrogens (primary N) is 1. The molecule has 0 unspecified atom stereocenters. The number of carbonyl (C=O) groups excluding carboxylic acids is 1. The van der Waals surface area contributed by atoms with E-state index >= 15 is 0 Å². The van der Waals surface area contributed by atoms with Crippen molar-refractivity contribution in [1.82, 2.24) is 0 Å². The van der Waals surface area contributed by atoms with Crippen LogP contribution in [0, 0.1) is 5.92 Å². The van der Waals surface area contributed by atoms with E-state index in [1.165, 1.54) is 0 Å². The molecule has 0 aliphatic carbocycles. The minimum atomic E-state index is -3.53. The molecule has 1 saturated heterocycles. The van der Waals surface area contributed by atoms with E-state index in [9.17, 15) is 13.2 Å². The van der Waals surface area contributed by atoms with Gasteiger partial charge in [-0.1, -0.05) is 12.1 Å². The predicted molar refractivity (Wildman–Crippen MR) is 75.4 cm³/mol. The third-order valence-corrected chi connectivity index (χ3v) is 3.92. The van der Waals surface area contributed by atoms with Gasteiger partial charge in [-0.25, -0.2) is 13.6 Å². The van der Waals surface area contributed by atoms with E-state index < -0.39 is 10.0 Å². The summed E-state index contributed by atoms with van der Waals surface area (Å²) in [6.07, 6.45) is 1.46. The molecule has 1 amide bonds. The summed E-state index contributed by atoms with van der Waals surface area (Å²) in [5.41, 5.74) is 1.25. The van der Waals surface area contributed by atoms with Crippen LogP contribution in [-0.4, -0.2) is 27.5 Å². The first-order chi connectivity index (χ1) is 9.44. The number of hydrogen-bond acceptors (Lipinski definition) is 4. The van der Waals surface area contributed by atoms with Gasteiger partial charge in [0.05, 0.1) is 5.75 Å². The van der Waals surface area contributed by atoms with Crippen LogP contribution in [0.2, 0.25) is 0 Å². The molecular formula is C13H18N2O4S. The SMILES string of the molecule is NS(=O)(=O)Cc1ccc(NC(=O)C2CCOCC2)cc1. The van der Waals surface area contributed by atoms with Crippen LogP contribution in [0.4, 0.5) is 5.69 Å². The van der Waals surface area contributed by atoms with Gasteiger partial charge in [0.15, 0.2) is 0 Å². The van der Waals surface area contributed by atoms with Crippen molar-refractivity contribution < 1.29 is 17.9 Å². The van der Waals surface area contributed by atoms with E-state index in [1.54, 1.807) is 24.3 Å². The molecule has 110 valence electrons. The van der Waals surface area contributed by atoms with Crippen LogP contribution in [0.15, 0.2) is 24.3 Å². The van der Waals surface area contributed by atoms with Crippen LogP contribution >= 0.6 is 0 Å². The van der Waals surface area contributed by atoms with Gasteiger partial charge in [-0.05, 0) is 30.5 Å². The molecular weight excluding hydrogens is 280 g/mol. The second-order valence-electron chi connectivity index (χ2n) is 4.88. The third-order valence-electron chi connectivity index (χ3n) is 3.18. The Kier molecular flexibility index (Phi) is 4.74. The van der Waals surface area contributed by atoms with Crippen molar-refractivity contribution in [3.63, 3.8) is 0 Å². The molecule has 6 nitrogen and oxygen atoms in total. The Balaban J connectivity index is 1.94. The first-order valence-electron chi connectivity index (χ1n) is 6.42. The molecule has 1 aromatic rings. The zero-order valence-corrected chi connectivity index (χ0v) is 11.9. The molecule has 0 saturated carbocycles. The average molecular weight is 298 g/mol. The smallest absolute Gasteiger partial charge is 0.227 e. The Bertz CT molecular complexity index is 563. The Morgan fingerprint density at radius 2 is 1.85 bits per heavy atom. The normalized spacial score (nSPS) is 16.9. The van der Waals surface area contributed by atoms with Crippen molar-refractivity contribution in [3.8, 4) is 0 Å². The summed E-state index contributed by atoms with van der Waals surface area (Å²) in [7, 11) is -3.53. The largest absolute Gasteiger partial charge is 0.381 e. The highest BCUT2D eigenvalue weighted by molar-refractivity contribution is 7.88. The van der Waals surface area contributed by atoms with E-state index in [4.69, 9.17) is 9.88 Å². The van der Waals surface area contributed by atoms with Crippen molar-refractivity contribution in [1.29, 1.82) is 0 Å². The second-order valence-corrected chi connectivity index (χ2v) is 6.49. The topological polar surface area (TPSA) is 98.5 Å². The molecule has 0 spiro atoms. The number of primary sulfonamides is 1. The molecule has 2 rings (SSSR count). The fraction of sp³-hybridized carbons (Fsp3) is 0.462. The number of rotatable bonds is 4. The Morgan fingerprint density at radius 3 is 2.40 bits per heavy atom. The maximum absolute atomic E-state index is 12.0. The van der Waals surface area contributed by atoms with Crippen molar-refractivity contribution in [2.75, 3.05) is 18.5 Å². The first kappa shape index (κ1) is 15.0. The molecule has 20 heavy (non-hydrogen) atoms. The Hall–Kier alpha value is -1.44. The number of benzene rings is 1. The number of hydrogen-bond donors (Lipinski definition) is 2. The zero-order valence-electron chi connectivity index (χ0n) is 11.0. The van der Waals surface area contributed by atoms with Gasteiger partial charge >= 0.3 is 0 Å². The molecule has 0 bridgehead atoms. The summed E-state index contributed by atoms with van der Waals surface area (Å²) in [6.45, 7) is 1.23. The fourth-order valence-electron chi connectivity index (χ4n) is 2.12. The number of nitrogens with one attached hydrogen (secondary N) is 1. The monoisotopic (exact) mass is 298 g/mol. The molecule has 1 aliphatic rings. The van der Waals surface area contributed by atoms with E-state index in [1.807, 2.05) is 0 Å². The predicted octanol–water partition coefficient (Wildman–Crippen LogP) is 0.840. The molecule has 3 N–H and O–H groups in total. The van der Waals surface area contributed by atoms with Crippen LogP contribution in [-0.2, 0) is 25.3 Å². The quantitative estimate of drug-likeness (QED) is 0.860. The summed E-state index contributed by atoms with van der Waals surface area (Å²) in [6, 6.07) is 6.64. The highest BCUT2D eigenvalue weighted by atomic mass is 32.2. The van der Waals surface area contributed by atoms with E-state index in [2.05, 4.69) is 5.32 Å². The lowest BCUT2D eigenvalue weighted by molar-refractivity contribution is -0.122. The lowest BCUT2D eigenvalue weighted by atomic mass is 9.99. The number of anilines is 1. The fourth-order valence-corrected chi connectivity index (χ4v) is 2.78. The molecule has 7 heteroatoms. The van der Waals surface area contributed by atoms with Crippen LogP contribution in [0.1, 0.15) is 18.4 Å². The van der Waals surface area contributed by atoms with Gasteiger partial charge in [0.1, 0.15) is 0 Å². The van der Waals surface area contributed by atoms with Crippen LogP contribution < -0.4 is 10.5 Å². The highest BCUT2D eigenvalue weighted by Gasteiger charge is 2.21. The van der Waals surface area contributed by atoms with Gasteiger partial charge in [-0.2, -0.15) is 0 Å². The van der Waals surface area contributed by atoms with Crippen molar-refractivity contribution in [2.24, 2.45) is 11.1 Å². The van der Waals surface area contributed by atoms with E-state index in [0.717, 1.165) is 12.8 Å². The Labute approximate surface area is 118 Å². The number of carbonyl (C=O) groups is 1. The Morgan fingerprint density at radius 1 is 1.25 bits per heavy atom. The molecule has 1 heterocycles. The molecule has 1 aliphatic heterocycles. The minimum Gasteiger partial charge on any atom is -0.381 e. The van der Waals surface area contributed by atoms with Gasteiger partial charge in [0.2, 0.25) is 15.9 Å². The van der Waals surface area contributed by atoms with Crippen LogP contribution in [0.25, 0.3) is 0 Å². The molecule has 0 radical (unpaired) electrons. The maximum Gasteiger partial charge on any atom is 0.227 e. The van der Waals surface area contributed by atoms with Crippen molar-refractivity contribution in [3.05, 3.63) is 29.8 Å².